The van der Waals surface area contributed by atoms with E-state index in [1.807, 2.05) is 6.92 Å². The standard InChI is InChI=1S/C18H24N2O6S/c1-3-25-17(21)11-20-15-9-8-13(10-16(15)26-18(20)22)27(23,24)19-14-7-5-4-6-12(14)2/h8-10,12,14,19H,3-7,11H2,1-2H3/t12-,14-/m1/s1. The number of oxazole rings is 1. The fraction of sp³-hybridized carbons (Fsp3) is 0.556. The van der Waals surface area contributed by atoms with E-state index >= 15 is 0 Å². The summed E-state index contributed by atoms with van der Waals surface area (Å²) in [6, 6.07) is 4.10. The average Bonchev–Trinajstić information content (AvgIpc) is 2.92. The number of nitrogens with one attached hydrogen (secondary N) is 1. The van der Waals surface area contributed by atoms with Crippen molar-refractivity contribution in [1.82, 2.24) is 9.29 Å². The predicted molar refractivity (Wildman–Crippen MR) is 98.8 cm³/mol. The fourth-order valence-electron chi connectivity index (χ4n) is 3.46. The minimum Gasteiger partial charge on any atom is -0.465 e. The number of aromatic nitrogens is 1. The number of carbonyl (C=O) groups is 1. The molecule has 1 saturated carbocycles. The maximum absolute atomic E-state index is 12.7. The number of nitrogens with zero attached hydrogens (tertiary/aromatic N) is 1. The van der Waals surface area contributed by atoms with Crippen molar-refractivity contribution >= 4 is 27.1 Å². The molecule has 3 rings (SSSR count). The van der Waals surface area contributed by atoms with Crippen LogP contribution >= 0.6 is 0 Å². The number of ether oxygens (including phenoxy) is 1. The molecule has 1 aromatic carbocycles. The van der Waals surface area contributed by atoms with Gasteiger partial charge in [0.2, 0.25) is 10.0 Å². The summed E-state index contributed by atoms with van der Waals surface area (Å²) in [5.74, 6) is -1.02. The Bertz CT molecular complexity index is 991. The summed E-state index contributed by atoms with van der Waals surface area (Å²) in [5, 5.41) is 0. The van der Waals surface area contributed by atoms with Crippen LogP contribution in [0.2, 0.25) is 0 Å². The van der Waals surface area contributed by atoms with E-state index < -0.39 is 21.7 Å². The molecule has 27 heavy (non-hydrogen) atoms. The Kier molecular flexibility index (Phi) is 5.71. The van der Waals surface area contributed by atoms with E-state index in [4.69, 9.17) is 9.15 Å². The fourth-order valence-corrected chi connectivity index (χ4v) is 4.85. The van der Waals surface area contributed by atoms with Gasteiger partial charge in [-0.15, -0.1) is 0 Å². The molecule has 0 aliphatic heterocycles. The lowest BCUT2D eigenvalue weighted by Gasteiger charge is -2.29. The molecule has 1 aliphatic carbocycles. The number of fused-ring (bicyclic) bond motifs is 1. The smallest absolute Gasteiger partial charge is 0.420 e. The zero-order valence-corrected chi connectivity index (χ0v) is 16.3. The first kappa shape index (κ1) is 19.6. The maximum Gasteiger partial charge on any atom is 0.420 e. The maximum atomic E-state index is 12.7. The number of rotatable bonds is 6. The molecule has 0 spiro atoms. The summed E-state index contributed by atoms with van der Waals surface area (Å²) >= 11 is 0. The van der Waals surface area contributed by atoms with E-state index in [-0.39, 0.29) is 35.6 Å². The van der Waals surface area contributed by atoms with Crippen molar-refractivity contribution in [1.29, 1.82) is 0 Å². The summed E-state index contributed by atoms with van der Waals surface area (Å²) in [6.45, 7) is 3.64. The SMILES string of the molecule is CCOC(=O)Cn1c(=O)oc2cc(S(=O)(=O)N[C@@H]3CCCC[C@H]3C)ccc21. The van der Waals surface area contributed by atoms with Crippen molar-refractivity contribution in [3.8, 4) is 0 Å². The molecule has 2 atom stereocenters. The van der Waals surface area contributed by atoms with Gasteiger partial charge in [-0.3, -0.25) is 9.36 Å². The van der Waals surface area contributed by atoms with Gasteiger partial charge in [0.1, 0.15) is 6.54 Å². The highest BCUT2D eigenvalue weighted by Crippen LogP contribution is 2.26. The van der Waals surface area contributed by atoms with Gasteiger partial charge in [0.25, 0.3) is 0 Å². The second-order valence-corrected chi connectivity index (χ2v) is 8.59. The van der Waals surface area contributed by atoms with E-state index in [1.54, 1.807) is 6.92 Å². The third-order valence-corrected chi connectivity index (χ3v) is 6.45. The largest absolute Gasteiger partial charge is 0.465 e. The van der Waals surface area contributed by atoms with Crippen LogP contribution in [0.25, 0.3) is 11.1 Å². The van der Waals surface area contributed by atoms with Crippen molar-refractivity contribution in [3.05, 3.63) is 28.7 Å². The van der Waals surface area contributed by atoms with Crippen LogP contribution < -0.4 is 10.5 Å². The Labute approximate surface area is 157 Å². The number of hydrogen-bond acceptors (Lipinski definition) is 6. The molecular weight excluding hydrogens is 372 g/mol. The van der Waals surface area contributed by atoms with Crippen LogP contribution in [0.5, 0.6) is 0 Å². The first-order valence-corrected chi connectivity index (χ1v) is 10.6. The monoisotopic (exact) mass is 396 g/mol. The lowest BCUT2D eigenvalue weighted by atomic mass is 9.87. The summed E-state index contributed by atoms with van der Waals surface area (Å²) in [4.78, 5) is 23.7. The second kappa shape index (κ2) is 7.85. The molecule has 2 aromatic rings. The van der Waals surface area contributed by atoms with E-state index in [9.17, 15) is 18.0 Å². The Hall–Kier alpha value is -2.13. The topological polar surface area (TPSA) is 108 Å². The predicted octanol–water partition coefficient (Wildman–Crippen LogP) is 2.01. The number of hydrogen-bond donors (Lipinski definition) is 1. The number of esters is 1. The highest BCUT2D eigenvalue weighted by molar-refractivity contribution is 7.89. The van der Waals surface area contributed by atoms with E-state index in [2.05, 4.69) is 4.72 Å². The van der Waals surface area contributed by atoms with Crippen LogP contribution in [-0.4, -0.2) is 31.6 Å². The van der Waals surface area contributed by atoms with Gasteiger partial charge < -0.3 is 9.15 Å². The molecule has 1 aliphatic rings. The molecule has 1 fully saturated rings. The minimum absolute atomic E-state index is 0.0322. The minimum atomic E-state index is -3.73. The van der Waals surface area contributed by atoms with Crippen LogP contribution in [0.1, 0.15) is 39.5 Å². The molecule has 1 aromatic heterocycles. The Morgan fingerprint density at radius 3 is 2.78 bits per heavy atom. The molecule has 0 unspecified atom stereocenters. The third-order valence-electron chi connectivity index (χ3n) is 4.96. The molecule has 0 bridgehead atoms. The zero-order chi connectivity index (χ0) is 19.6. The molecule has 0 saturated heterocycles. The second-order valence-electron chi connectivity index (χ2n) is 6.88. The molecule has 9 heteroatoms. The van der Waals surface area contributed by atoms with Gasteiger partial charge in [0.05, 0.1) is 17.0 Å². The van der Waals surface area contributed by atoms with E-state index in [0.29, 0.717) is 5.52 Å². The summed E-state index contributed by atoms with van der Waals surface area (Å²) in [6.07, 6.45) is 3.93. The molecule has 1 heterocycles. The summed E-state index contributed by atoms with van der Waals surface area (Å²) < 4.78 is 39.3. The number of carbonyl (C=O) groups excluding carboxylic acids is 1. The van der Waals surface area contributed by atoms with Crippen molar-refractivity contribution in [2.24, 2.45) is 5.92 Å². The number of sulfonamides is 1. The first-order chi connectivity index (χ1) is 12.8. The lowest BCUT2D eigenvalue weighted by Crippen LogP contribution is -2.40. The zero-order valence-electron chi connectivity index (χ0n) is 15.4. The molecule has 8 nitrogen and oxygen atoms in total. The van der Waals surface area contributed by atoms with E-state index in [0.717, 1.165) is 30.3 Å². The molecule has 0 radical (unpaired) electrons. The highest BCUT2D eigenvalue weighted by Gasteiger charge is 2.27. The van der Waals surface area contributed by atoms with Gasteiger partial charge in [-0.05, 0) is 37.8 Å². The van der Waals surface area contributed by atoms with Crippen LogP contribution in [0.4, 0.5) is 0 Å². The van der Waals surface area contributed by atoms with Gasteiger partial charge in [-0.2, -0.15) is 0 Å². The Balaban J connectivity index is 1.88. The van der Waals surface area contributed by atoms with Crippen molar-refractivity contribution in [2.45, 2.75) is 57.0 Å². The highest BCUT2D eigenvalue weighted by atomic mass is 32.2. The van der Waals surface area contributed by atoms with Gasteiger partial charge in [-0.1, -0.05) is 19.8 Å². The van der Waals surface area contributed by atoms with Gasteiger partial charge in [-0.25, -0.2) is 17.9 Å². The van der Waals surface area contributed by atoms with E-state index in [1.165, 1.54) is 18.2 Å². The number of benzene rings is 1. The van der Waals surface area contributed by atoms with Crippen LogP contribution in [0, 0.1) is 5.92 Å². The summed E-state index contributed by atoms with van der Waals surface area (Å²) in [5.41, 5.74) is 0.460. The van der Waals surface area contributed by atoms with Crippen molar-refractivity contribution in [3.63, 3.8) is 0 Å². The first-order valence-electron chi connectivity index (χ1n) is 9.13. The Morgan fingerprint density at radius 2 is 2.07 bits per heavy atom. The normalized spacial score (nSPS) is 20.7. The van der Waals surface area contributed by atoms with Gasteiger partial charge >= 0.3 is 11.7 Å². The van der Waals surface area contributed by atoms with Crippen LogP contribution in [0.15, 0.2) is 32.3 Å². The van der Waals surface area contributed by atoms with Crippen molar-refractivity contribution in [2.75, 3.05) is 6.61 Å². The molecule has 148 valence electrons. The molecular formula is C18H24N2O6S. The third kappa shape index (κ3) is 4.24. The lowest BCUT2D eigenvalue weighted by molar-refractivity contribution is -0.143. The van der Waals surface area contributed by atoms with Crippen LogP contribution in [0.3, 0.4) is 0 Å². The van der Waals surface area contributed by atoms with Gasteiger partial charge in [0, 0.05) is 12.1 Å². The quantitative estimate of drug-likeness (QED) is 0.749. The summed E-state index contributed by atoms with van der Waals surface area (Å²) in [7, 11) is -3.73. The average molecular weight is 396 g/mol. The van der Waals surface area contributed by atoms with Gasteiger partial charge in [0.15, 0.2) is 5.58 Å². The van der Waals surface area contributed by atoms with Crippen molar-refractivity contribution < 1.29 is 22.4 Å². The molecule has 0 amide bonds. The van der Waals surface area contributed by atoms with Crippen LogP contribution in [-0.2, 0) is 26.1 Å². The Morgan fingerprint density at radius 1 is 1.33 bits per heavy atom. The molecule has 1 N–H and O–H groups in total.